The van der Waals surface area contributed by atoms with E-state index in [2.05, 4.69) is 18.3 Å². The van der Waals surface area contributed by atoms with Crippen LogP contribution in [0.2, 0.25) is 0 Å². The number of unbranched alkanes of at least 4 members (excludes halogenated alkanes) is 11. The van der Waals surface area contributed by atoms with Crippen molar-refractivity contribution in [2.24, 2.45) is 0 Å². The van der Waals surface area contributed by atoms with Crippen LogP contribution in [0.4, 0.5) is 5.69 Å². The summed E-state index contributed by atoms with van der Waals surface area (Å²) in [6.07, 6.45) is 16.6. The molecule has 0 saturated heterocycles. The number of hydrogen-bond acceptors (Lipinski definition) is 2. The summed E-state index contributed by atoms with van der Waals surface area (Å²) in [7, 11) is 1.94. The SMILES string of the molecule is CCCCCCCCCCCCCCOc1ccccc1NC. The van der Waals surface area contributed by atoms with Crippen LogP contribution in [0.1, 0.15) is 84.0 Å². The monoisotopic (exact) mass is 319 g/mol. The lowest BCUT2D eigenvalue weighted by Gasteiger charge is -2.10. The normalized spacial score (nSPS) is 10.7. The lowest BCUT2D eigenvalue weighted by Crippen LogP contribution is -2.00. The summed E-state index contributed by atoms with van der Waals surface area (Å²) in [5.74, 6) is 0.970. The Morgan fingerprint density at radius 3 is 1.83 bits per heavy atom. The van der Waals surface area contributed by atoms with Gasteiger partial charge < -0.3 is 10.1 Å². The van der Waals surface area contributed by atoms with Crippen molar-refractivity contribution in [1.82, 2.24) is 0 Å². The van der Waals surface area contributed by atoms with Gasteiger partial charge in [-0.25, -0.2) is 0 Å². The molecule has 0 aliphatic carbocycles. The van der Waals surface area contributed by atoms with E-state index in [4.69, 9.17) is 4.74 Å². The second-order valence-corrected chi connectivity index (χ2v) is 6.48. The van der Waals surface area contributed by atoms with Crippen molar-refractivity contribution in [1.29, 1.82) is 0 Å². The molecule has 132 valence electrons. The van der Waals surface area contributed by atoms with E-state index in [0.29, 0.717) is 0 Å². The summed E-state index contributed by atoms with van der Waals surface area (Å²) < 4.78 is 5.86. The third-order valence-corrected chi connectivity index (χ3v) is 4.41. The molecular formula is C21H37NO. The van der Waals surface area contributed by atoms with Crippen LogP contribution >= 0.6 is 0 Å². The fourth-order valence-electron chi connectivity index (χ4n) is 2.92. The molecule has 1 N–H and O–H groups in total. The highest BCUT2D eigenvalue weighted by Crippen LogP contribution is 2.23. The van der Waals surface area contributed by atoms with E-state index >= 15 is 0 Å². The first-order chi connectivity index (χ1) is 11.4. The Hall–Kier alpha value is -1.18. The first-order valence-electron chi connectivity index (χ1n) is 9.78. The Balaban J connectivity index is 1.86. The fourth-order valence-corrected chi connectivity index (χ4v) is 2.92. The molecule has 0 aliphatic rings. The topological polar surface area (TPSA) is 21.3 Å². The maximum absolute atomic E-state index is 5.86. The number of rotatable bonds is 15. The maximum Gasteiger partial charge on any atom is 0.142 e. The standard InChI is InChI=1S/C21H37NO/c1-3-4-5-6-7-8-9-10-11-12-13-16-19-23-21-18-15-14-17-20(21)22-2/h14-15,17-18,22H,3-13,16,19H2,1-2H3. The Morgan fingerprint density at radius 2 is 1.26 bits per heavy atom. The summed E-state index contributed by atoms with van der Waals surface area (Å²) in [6, 6.07) is 8.14. The number of benzene rings is 1. The Bertz CT molecular complexity index is 378. The van der Waals surface area contributed by atoms with Gasteiger partial charge in [0, 0.05) is 7.05 Å². The molecule has 0 radical (unpaired) electrons. The molecule has 2 nitrogen and oxygen atoms in total. The lowest BCUT2D eigenvalue weighted by atomic mass is 10.1. The van der Waals surface area contributed by atoms with Gasteiger partial charge in [0.15, 0.2) is 0 Å². The van der Waals surface area contributed by atoms with Crippen molar-refractivity contribution in [3.05, 3.63) is 24.3 Å². The second kappa shape index (κ2) is 14.4. The fraction of sp³-hybridized carbons (Fsp3) is 0.714. The van der Waals surface area contributed by atoms with Crippen molar-refractivity contribution in [3.63, 3.8) is 0 Å². The molecule has 0 unspecified atom stereocenters. The molecule has 0 fully saturated rings. The molecule has 0 saturated carbocycles. The van der Waals surface area contributed by atoms with E-state index in [1.54, 1.807) is 0 Å². The molecule has 0 spiro atoms. The first-order valence-corrected chi connectivity index (χ1v) is 9.78. The number of para-hydroxylation sites is 2. The van der Waals surface area contributed by atoms with Gasteiger partial charge in [-0.05, 0) is 18.6 Å². The summed E-state index contributed by atoms with van der Waals surface area (Å²) in [4.78, 5) is 0. The van der Waals surface area contributed by atoms with Crippen molar-refractivity contribution < 1.29 is 4.74 Å². The number of anilines is 1. The Labute approximate surface area is 144 Å². The van der Waals surface area contributed by atoms with Gasteiger partial charge in [0.05, 0.1) is 12.3 Å². The predicted octanol–water partition coefficient (Wildman–Crippen LogP) is 6.81. The average molecular weight is 320 g/mol. The molecule has 23 heavy (non-hydrogen) atoms. The highest BCUT2D eigenvalue weighted by atomic mass is 16.5. The molecule has 0 bridgehead atoms. The first kappa shape index (κ1) is 19.9. The van der Waals surface area contributed by atoms with Gasteiger partial charge in [-0.3, -0.25) is 0 Å². The minimum Gasteiger partial charge on any atom is -0.491 e. The van der Waals surface area contributed by atoms with Gasteiger partial charge in [0.25, 0.3) is 0 Å². The van der Waals surface area contributed by atoms with Gasteiger partial charge in [0.1, 0.15) is 5.75 Å². The zero-order chi connectivity index (χ0) is 16.6. The summed E-state index contributed by atoms with van der Waals surface area (Å²) >= 11 is 0. The molecule has 1 rings (SSSR count). The Morgan fingerprint density at radius 1 is 0.739 bits per heavy atom. The van der Waals surface area contributed by atoms with Gasteiger partial charge in [-0.1, -0.05) is 89.7 Å². The van der Waals surface area contributed by atoms with Crippen molar-refractivity contribution >= 4 is 5.69 Å². The molecule has 0 atom stereocenters. The van der Waals surface area contributed by atoms with Crippen LogP contribution in [0.3, 0.4) is 0 Å². The third kappa shape index (κ3) is 10.3. The van der Waals surface area contributed by atoms with Crippen LogP contribution in [-0.4, -0.2) is 13.7 Å². The van der Waals surface area contributed by atoms with E-state index in [9.17, 15) is 0 Å². The summed E-state index contributed by atoms with van der Waals surface area (Å²) in [6.45, 7) is 3.11. The number of ether oxygens (including phenoxy) is 1. The predicted molar refractivity (Wildman–Crippen MR) is 103 cm³/mol. The van der Waals surface area contributed by atoms with Gasteiger partial charge in [-0.2, -0.15) is 0 Å². The molecule has 2 heteroatoms. The summed E-state index contributed by atoms with van der Waals surface area (Å²) in [5.41, 5.74) is 1.08. The van der Waals surface area contributed by atoms with Crippen molar-refractivity contribution in [3.8, 4) is 5.75 Å². The van der Waals surface area contributed by atoms with E-state index in [1.165, 1.54) is 70.6 Å². The minimum atomic E-state index is 0.829. The maximum atomic E-state index is 5.86. The molecule has 0 aromatic heterocycles. The van der Waals surface area contributed by atoms with Crippen LogP contribution in [0.5, 0.6) is 5.75 Å². The Kier molecular flexibility index (Phi) is 12.5. The highest BCUT2D eigenvalue weighted by Gasteiger charge is 2.00. The van der Waals surface area contributed by atoms with Crippen LogP contribution < -0.4 is 10.1 Å². The second-order valence-electron chi connectivity index (χ2n) is 6.48. The zero-order valence-electron chi connectivity index (χ0n) is 15.4. The molecule has 0 aliphatic heterocycles. The van der Waals surface area contributed by atoms with E-state index in [0.717, 1.165) is 24.5 Å². The van der Waals surface area contributed by atoms with E-state index < -0.39 is 0 Å². The smallest absolute Gasteiger partial charge is 0.142 e. The van der Waals surface area contributed by atoms with Gasteiger partial charge in [0.2, 0.25) is 0 Å². The number of nitrogens with one attached hydrogen (secondary N) is 1. The zero-order valence-corrected chi connectivity index (χ0v) is 15.4. The quantitative estimate of drug-likeness (QED) is 0.359. The molecule has 0 heterocycles. The van der Waals surface area contributed by atoms with Crippen LogP contribution in [0.15, 0.2) is 24.3 Å². The summed E-state index contributed by atoms with van der Waals surface area (Å²) in [5, 5.41) is 3.17. The molecular weight excluding hydrogens is 282 g/mol. The third-order valence-electron chi connectivity index (χ3n) is 4.41. The van der Waals surface area contributed by atoms with Crippen LogP contribution in [-0.2, 0) is 0 Å². The van der Waals surface area contributed by atoms with E-state index in [-0.39, 0.29) is 0 Å². The van der Waals surface area contributed by atoms with Crippen molar-refractivity contribution in [2.45, 2.75) is 84.0 Å². The largest absolute Gasteiger partial charge is 0.491 e. The van der Waals surface area contributed by atoms with Gasteiger partial charge >= 0.3 is 0 Å². The molecule has 1 aromatic carbocycles. The number of hydrogen-bond donors (Lipinski definition) is 1. The lowest BCUT2D eigenvalue weighted by molar-refractivity contribution is 0.305. The minimum absolute atomic E-state index is 0.829. The highest BCUT2D eigenvalue weighted by molar-refractivity contribution is 5.55. The van der Waals surface area contributed by atoms with Crippen molar-refractivity contribution in [2.75, 3.05) is 19.0 Å². The molecule has 0 amide bonds. The van der Waals surface area contributed by atoms with Crippen LogP contribution in [0, 0.1) is 0 Å². The van der Waals surface area contributed by atoms with Gasteiger partial charge in [-0.15, -0.1) is 0 Å². The average Bonchev–Trinajstić information content (AvgIpc) is 2.59. The van der Waals surface area contributed by atoms with Crippen LogP contribution in [0.25, 0.3) is 0 Å². The van der Waals surface area contributed by atoms with E-state index in [1.807, 2.05) is 25.2 Å². The molecule has 1 aromatic rings.